The van der Waals surface area contributed by atoms with Crippen LogP contribution in [0.2, 0.25) is 0 Å². The van der Waals surface area contributed by atoms with Gasteiger partial charge in [-0.05, 0) is 0 Å². The number of carbonyl (C=O) groups is 2. The van der Waals surface area contributed by atoms with Gasteiger partial charge in [-0.25, -0.2) is 12.1 Å². The number of rotatable bonds is 2. The van der Waals surface area contributed by atoms with Gasteiger partial charge in [0, 0.05) is 38.4 Å². The first kappa shape index (κ1) is 12.4. The molecule has 0 amide bonds. The van der Waals surface area contributed by atoms with Crippen molar-refractivity contribution in [2.24, 2.45) is 0 Å². The zero-order chi connectivity index (χ0) is 8.97. The third kappa shape index (κ3) is 2.97. The number of esters is 1. The van der Waals surface area contributed by atoms with Gasteiger partial charge in [0.25, 0.3) is 5.97 Å². The number of nitrogens with zero attached hydrogens (tertiary/aromatic N) is 1. The van der Waals surface area contributed by atoms with E-state index in [-0.39, 0.29) is 44.0 Å². The predicted molar refractivity (Wildman–Crippen MR) is 39.8 cm³/mol. The Morgan fingerprint density at radius 3 is 2.92 bits per heavy atom. The molecule has 0 spiro atoms. The maximum absolute atomic E-state index is 11.0. The molecule has 0 unspecified atom stereocenters. The van der Waals surface area contributed by atoms with Gasteiger partial charge in [-0.2, -0.15) is 0 Å². The van der Waals surface area contributed by atoms with Gasteiger partial charge in [-0.1, -0.05) is 11.8 Å². The summed E-state index contributed by atoms with van der Waals surface area (Å²) >= 11 is 0. The van der Waals surface area contributed by atoms with Gasteiger partial charge < -0.3 is 4.74 Å². The first-order valence-corrected chi connectivity index (χ1v) is 3.19. The summed E-state index contributed by atoms with van der Waals surface area (Å²) in [7, 11) is 1.24. The van der Waals surface area contributed by atoms with Crippen molar-refractivity contribution in [3.05, 3.63) is 29.6 Å². The zero-order valence-corrected chi connectivity index (χ0v) is 9.82. The molecule has 0 aliphatic rings. The van der Waals surface area contributed by atoms with E-state index in [1.54, 1.807) is 0 Å². The molecule has 0 fully saturated rings. The SMILES string of the molecule is COC(=O)c1c[c-]cnc1C=O.[Y]. The van der Waals surface area contributed by atoms with Crippen molar-refractivity contribution in [1.82, 2.24) is 4.98 Å². The van der Waals surface area contributed by atoms with Gasteiger partial charge in [0.15, 0.2) is 6.29 Å². The van der Waals surface area contributed by atoms with Crippen LogP contribution in [0, 0.1) is 6.07 Å². The molecule has 1 rings (SSSR count). The Balaban J connectivity index is 0.00000144. The first-order valence-electron chi connectivity index (χ1n) is 3.19. The van der Waals surface area contributed by atoms with Gasteiger partial charge in [0.1, 0.15) is 0 Å². The third-order valence-electron chi connectivity index (χ3n) is 1.30. The van der Waals surface area contributed by atoms with Crippen molar-refractivity contribution in [3.8, 4) is 0 Å². The minimum Gasteiger partial charge on any atom is -0.479 e. The molecule has 0 atom stereocenters. The Morgan fingerprint density at radius 1 is 1.69 bits per heavy atom. The Bertz CT molecular complexity index is 314. The molecule has 0 aliphatic carbocycles. The minimum atomic E-state index is -0.582. The molecule has 5 heteroatoms. The Morgan fingerprint density at radius 2 is 2.38 bits per heavy atom. The summed E-state index contributed by atoms with van der Waals surface area (Å²) in [4.78, 5) is 25.0. The summed E-state index contributed by atoms with van der Waals surface area (Å²) in [5.74, 6) is -0.582. The molecule has 0 bridgehead atoms. The average Bonchev–Trinajstić information content (AvgIpc) is 2.16. The fourth-order valence-electron chi connectivity index (χ4n) is 0.738. The molecule has 0 aliphatic heterocycles. The van der Waals surface area contributed by atoms with E-state index in [1.165, 1.54) is 19.4 Å². The van der Waals surface area contributed by atoms with Crippen LogP contribution in [0.4, 0.5) is 0 Å². The van der Waals surface area contributed by atoms with E-state index in [4.69, 9.17) is 0 Å². The number of ether oxygens (including phenoxy) is 1. The topological polar surface area (TPSA) is 56.3 Å². The summed E-state index contributed by atoms with van der Waals surface area (Å²) < 4.78 is 4.42. The van der Waals surface area contributed by atoms with E-state index in [1.807, 2.05) is 0 Å². The van der Waals surface area contributed by atoms with Crippen molar-refractivity contribution in [1.29, 1.82) is 0 Å². The van der Waals surface area contributed by atoms with Crippen LogP contribution in [0.1, 0.15) is 20.8 Å². The van der Waals surface area contributed by atoms with Crippen LogP contribution in [0.25, 0.3) is 0 Å². The predicted octanol–water partition coefficient (Wildman–Crippen LogP) is 0.478. The van der Waals surface area contributed by atoms with E-state index < -0.39 is 5.97 Å². The molecule has 13 heavy (non-hydrogen) atoms. The standard InChI is InChI=1S/C8H6NO3.Y/c1-12-8(11)6-3-2-4-9-7(6)5-10;/h3-5H,1H3;/q-1;. The Hall–Kier alpha value is -0.606. The van der Waals surface area contributed by atoms with Crippen molar-refractivity contribution in [3.63, 3.8) is 0 Å². The van der Waals surface area contributed by atoms with Crippen LogP contribution in [0.15, 0.2) is 12.3 Å². The molecular formula is C8H6NO3Y-. The number of carbonyl (C=O) groups excluding carboxylic acids is 2. The van der Waals surface area contributed by atoms with Gasteiger partial charge in [-0.3, -0.25) is 14.6 Å². The summed E-state index contributed by atoms with van der Waals surface area (Å²) in [5, 5.41) is 0. The van der Waals surface area contributed by atoms with Crippen molar-refractivity contribution in [2.45, 2.75) is 0 Å². The number of pyridine rings is 1. The van der Waals surface area contributed by atoms with E-state index in [0.717, 1.165) is 0 Å². The van der Waals surface area contributed by atoms with Crippen molar-refractivity contribution in [2.75, 3.05) is 7.11 Å². The fraction of sp³-hybridized carbons (Fsp3) is 0.125. The van der Waals surface area contributed by atoms with Gasteiger partial charge >= 0.3 is 0 Å². The molecule has 1 aromatic rings. The summed E-state index contributed by atoms with van der Waals surface area (Å²) in [6.45, 7) is 0. The number of methoxy groups -OCH3 is 1. The molecule has 0 aromatic carbocycles. The normalized spacial score (nSPS) is 8.38. The average molecular weight is 253 g/mol. The zero-order valence-electron chi connectivity index (χ0n) is 6.98. The second kappa shape index (κ2) is 5.94. The van der Waals surface area contributed by atoms with Crippen molar-refractivity contribution >= 4 is 12.3 Å². The maximum atomic E-state index is 11.0. The number of hydrogen-bond donors (Lipinski definition) is 0. The Labute approximate surface area is 101 Å². The largest absolute Gasteiger partial charge is 0.479 e. The van der Waals surface area contributed by atoms with Gasteiger partial charge in [0.2, 0.25) is 0 Å². The van der Waals surface area contributed by atoms with Gasteiger partial charge in [-0.15, -0.1) is 0 Å². The summed E-state index contributed by atoms with van der Waals surface area (Å²) in [6, 6.07) is 3.94. The van der Waals surface area contributed by atoms with E-state index in [2.05, 4.69) is 15.8 Å². The van der Waals surface area contributed by atoms with Gasteiger partial charge in [0.05, 0.1) is 7.11 Å². The number of hydrogen-bond acceptors (Lipinski definition) is 4. The van der Waals surface area contributed by atoms with Crippen LogP contribution < -0.4 is 0 Å². The monoisotopic (exact) mass is 253 g/mol. The molecule has 1 radical (unpaired) electrons. The Kier molecular flexibility index (Phi) is 5.66. The van der Waals surface area contributed by atoms with E-state index in [9.17, 15) is 9.59 Å². The van der Waals surface area contributed by atoms with Crippen LogP contribution >= 0.6 is 0 Å². The molecule has 0 saturated carbocycles. The van der Waals surface area contributed by atoms with Crippen LogP contribution in [-0.4, -0.2) is 24.3 Å². The quantitative estimate of drug-likeness (QED) is 0.437. The number of aromatic nitrogens is 1. The fourth-order valence-corrected chi connectivity index (χ4v) is 0.738. The maximum Gasteiger partial charge on any atom is 0.256 e. The molecule has 0 N–H and O–H groups in total. The van der Waals surface area contributed by atoms with Crippen LogP contribution in [-0.2, 0) is 37.4 Å². The number of aldehydes is 1. The van der Waals surface area contributed by atoms with E-state index in [0.29, 0.717) is 6.29 Å². The third-order valence-corrected chi connectivity index (χ3v) is 1.30. The molecule has 1 heterocycles. The first-order chi connectivity index (χ1) is 5.79. The molecule has 0 saturated heterocycles. The summed E-state index contributed by atoms with van der Waals surface area (Å²) in [5.41, 5.74) is 0.204. The second-order valence-corrected chi connectivity index (χ2v) is 1.98. The second-order valence-electron chi connectivity index (χ2n) is 1.98. The molecule has 65 valence electrons. The molecule has 1 aromatic heterocycles. The van der Waals surface area contributed by atoms with Crippen molar-refractivity contribution < 1.29 is 47.0 Å². The molecule has 4 nitrogen and oxygen atoms in total. The van der Waals surface area contributed by atoms with E-state index >= 15 is 0 Å². The minimum absolute atomic E-state index is 0. The van der Waals surface area contributed by atoms with Crippen LogP contribution in [0.5, 0.6) is 0 Å². The smallest absolute Gasteiger partial charge is 0.256 e. The van der Waals surface area contributed by atoms with Crippen LogP contribution in [0.3, 0.4) is 0 Å². The summed E-state index contributed by atoms with van der Waals surface area (Å²) in [6.07, 6.45) is 1.82. The molecular weight excluding hydrogens is 247 g/mol.